The number of ether oxygens (including phenoxy) is 1. The van der Waals surface area contributed by atoms with Crippen LogP contribution in [0.15, 0.2) is 42.5 Å². The molecule has 0 bridgehead atoms. The number of hydrogen-bond donors (Lipinski definition) is 4. The van der Waals surface area contributed by atoms with E-state index in [1.807, 2.05) is 4.90 Å². The molecule has 1 aliphatic rings. The molecule has 8 nitrogen and oxygen atoms in total. The molecule has 2 aromatic carbocycles. The average Bonchev–Trinajstić information content (AvgIpc) is 3.24. The van der Waals surface area contributed by atoms with Crippen LogP contribution in [0.5, 0.6) is 5.75 Å². The predicted octanol–water partition coefficient (Wildman–Crippen LogP) is 4.19. The van der Waals surface area contributed by atoms with Crippen LogP contribution >= 0.6 is 0 Å². The lowest BCUT2D eigenvalue weighted by Gasteiger charge is -2.35. The van der Waals surface area contributed by atoms with E-state index in [0.717, 1.165) is 4.57 Å². The van der Waals surface area contributed by atoms with Crippen LogP contribution in [0.1, 0.15) is 22.5 Å². The fourth-order valence-electron chi connectivity index (χ4n) is 4.78. The lowest BCUT2D eigenvalue weighted by atomic mass is 10.0. The third kappa shape index (κ3) is 6.97. The topological polar surface area (TPSA) is 99.0 Å². The summed E-state index contributed by atoms with van der Waals surface area (Å²) >= 11 is 0. The highest BCUT2D eigenvalue weighted by atomic mass is 19.4. The van der Waals surface area contributed by atoms with Gasteiger partial charge in [0.1, 0.15) is 18.5 Å². The smallest absolute Gasteiger partial charge is 0.406 e. The Kier molecular flexibility index (Phi) is 9.07. The Morgan fingerprint density at radius 3 is 2.67 bits per heavy atom. The first kappa shape index (κ1) is 29.0. The van der Waals surface area contributed by atoms with E-state index in [1.165, 1.54) is 25.3 Å². The third-order valence-corrected chi connectivity index (χ3v) is 6.70. The monoisotopic (exact) mass is 562 g/mol. The molecule has 40 heavy (non-hydrogen) atoms. The fourth-order valence-corrected chi connectivity index (χ4v) is 4.78. The van der Waals surface area contributed by atoms with Crippen molar-refractivity contribution in [3.8, 4) is 17.6 Å². The molecule has 1 aromatic heterocycles. The number of hydrogen-bond acceptors (Lipinski definition) is 6. The van der Waals surface area contributed by atoms with Crippen molar-refractivity contribution < 1.29 is 37.3 Å². The average molecular weight is 563 g/mol. The van der Waals surface area contributed by atoms with Crippen molar-refractivity contribution in [3.63, 3.8) is 0 Å². The van der Waals surface area contributed by atoms with Gasteiger partial charge in [-0.3, -0.25) is 4.90 Å². The number of halogens is 4. The van der Waals surface area contributed by atoms with Gasteiger partial charge in [-0.05, 0) is 48.7 Å². The lowest BCUT2D eigenvalue weighted by molar-refractivity contribution is -0.140. The van der Waals surface area contributed by atoms with Crippen LogP contribution in [0, 0.1) is 11.8 Å². The quantitative estimate of drug-likeness (QED) is 0.229. The summed E-state index contributed by atoms with van der Waals surface area (Å²) in [4.78, 5) is 13.0. The van der Waals surface area contributed by atoms with E-state index in [0.29, 0.717) is 41.8 Å². The summed E-state index contributed by atoms with van der Waals surface area (Å²) in [6.45, 7) is -0.0976. The molecule has 1 saturated heterocycles. The van der Waals surface area contributed by atoms with Crippen LogP contribution in [-0.4, -0.2) is 83.9 Å². The Hall–Kier alpha value is -3.95. The van der Waals surface area contributed by atoms with Crippen LogP contribution in [0.2, 0.25) is 0 Å². The standard InChI is InChI=1S/C28H30F4N4O4/c1-40-26-14-18(27(38)39)7-8-24(26)33-10-3-4-19-15-20-22(5-2-6-25(20)36(19)17-28(30,31)32)34-23-9-11-35(12-13-37)16-21(23)29/h2,5-8,14-15,21,23,33-34,37H,9-13,16-17H2,1H3,(H,38,39). The maximum atomic E-state index is 14.9. The molecule has 12 heteroatoms. The zero-order valence-electron chi connectivity index (χ0n) is 21.8. The van der Waals surface area contributed by atoms with Gasteiger partial charge >= 0.3 is 12.1 Å². The molecule has 214 valence electrons. The summed E-state index contributed by atoms with van der Waals surface area (Å²) in [5, 5.41) is 24.9. The van der Waals surface area contributed by atoms with E-state index >= 15 is 0 Å². The highest BCUT2D eigenvalue weighted by molar-refractivity contribution is 5.94. The van der Waals surface area contributed by atoms with Crippen molar-refractivity contribution in [2.75, 3.05) is 50.5 Å². The number of alkyl halides is 4. The molecule has 1 fully saturated rings. The Labute approximate surface area is 228 Å². The maximum Gasteiger partial charge on any atom is 0.406 e. The number of methoxy groups -OCH3 is 1. The van der Waals surface area contributed by atoms with E-state index in [9.17, 15) is 22.4 Å². The Morgan fingerprint density at radius 1 is 1.20 bits per heavy atom. The number of carbonyl (C=O) groups is 1. The van der Waals surface area contributed by atoms with Crippen LogP contribution in [0.4, 0.5) is 28.9 Å². The third-order valence-electron chi connectivity index (χ3n) is 6.70. The lowest BCUT2D eigenvalue weighted by Crippen LogP contribution is -2.48. The van der Waals surface area contributed by atoms with Gasteiger partial charge in [-0.15, -0.1) is 0 Å². The highest BCUT2D eigenvalue weighted by Crippen LogP contribution is 2.32. The number of benzene rings is 2. The van der Waals surface area contributed by atoms with Gasteiger partial charge in [0.05, 0.1) is 48.8 Å². The Balaban J connectivity index is 1.58. The van der Waals surface area contributed by atoms with Gasteiger partial charge < -0.3 is 30.2 Å². The molecular weight excluding hydrogens is 532 g/mol. The molecule has 0 aliphatic carbocycles. The second kappa shape index (κ2) is 12.5. The van der Waals surface area contributed by atoms with E-state index in [4.69, 9.17) is 14.9 Å². The van der Waals surface area contributed by atoms with E-state index < -0.39 is 30.9 Å². The SMILES string of the molecule is COc1cc(C(=O)O)ccc1NCC#Cc1cc2c(NC3CCN(CCO)CC3F)cccc2n1CC(F)(F)F. The molecule has 0 saturated carbocycles. The molecule has 0 amide bonds. The highest BCUT2D eigenvalue weighted by Gasteiger charge is 2.31. The number of aliphatic hydroxyl groups excluding tert-OH is 1. The van der Waals surface area contributed by atoms with Crippen molar-refractivity contribution in [1.29, 1.82) is 0 Å². The Bertz CT molecular complexity index is 1410. The Morgan fingerprint density at radius 2 is 2.00 bits per heavy atom. The molecule has 4 rings (SSSR count). The van der Waals surface area contributed by atoms with Crippen molar-refractivity contribution >= 4 is 28.2 Å². The molecule has 2 unspecified atom stereocenters. The first-order valence-corrected chi connectivity index (χ1v) is 12.7. The number of nitrogens with one attached hydrogen (secondary N) is 2. The number of anilines is 2. The minimum Gasteiger partial charge on any atom is -0.495 e. The molecule has 2 heterocycles. The normalized spacial score (nSPS) is 17.8. The molecule has 0 spiro atoms. The zero-order valence-corrected chi connectivity index (χ0v) is 21.8. The van der Waals surface area contributed by atoms with E-state index in [-0.39, 0.29) is 36.7 Å². The summed E-state index contributed by atoms with van der Waals surface area (Å²) in [6, 6.07) is 10.2. The number of aliphatic hydroxyl groups is 1. The first-order valence-electron chi connectivity index (χ1n) is 12.7. The number of aromatic carboxylic acids is 1. The molecule has 4 N–H and O–H groups in total. The minimum absolute atomic E-state index is 0.0457. The summed E-state index contributed by atoms with van der Waals surface area (Å²) < 4.78 is 61.7. The van der Waals surface area contributed by atoms with Gasteiger partial charge in [-0.1, -0.05) is 12.0 Å². The van der Waals surface area contributed by atoms with Crippen molar-refractivity contribution in [2.45, 2.75) is 31.4 Å². The van der Waals surface area contributed by atoms with Crippen molar-refractivity contribution in [1.82, 2.24) is 9.47 Å². The summed E-state index contributed by atoms with van der Waals surface area (Å²) in [5.41, 5.74) is 1.51. The van der Waals surface area contributed by atoms with E-state index in [1.54, 1.807) is 24.3 Å². The second-order valence-corrected chi connectivity index (χ2v) is 9.42. The number of fused-ring (bicyclic) bond motifs is 1. The van der Waals surface area contributed by atoms with Crippen LogP contribution in [0.25, 0.3) is 10.9 Å². The van der Waals surface area contributed by atoms with Gasteiger partial charge in [-0.2, -0.15) is 13.2 Å². The summed E-state index contributed by atoms with van der Waals surface area (Å²) in [6.07, 6.45) is -5.22. The van der Waals surface area contributed by atoms with Gasteiger partial charge in [0.25, 0.3) is 0 Å². The summed E-state index contributed by atoms with van der Waals surface area (Å²) in [5.74, 6) is 4.81. The number of nitrogens with zero attached hydrogens (tertiary/aromatic N) is 2. The molecular formula is C28H30F4N4O4. The summed E-state index contributed by atoms with van der Waals surface area (Å²) in [7, 11) is 1.39. The zero-order chi connectivity index (χ0) is 28.9. The largest absolute Gasteiger partial charge is 0.495 e. The molecule has 3 aromatic rings. The fraction of sp³-hybridized carbons (Fsp3) is 0.393. The number of piperidine rings is 1. The number of β-amino-alcohol motifs (C(OH)–C–C–N with tert-alkyl or cyclic N) is 1. The maximum absolute atomic E-state index is 14.9. The number of likely N-dealkylation sites (tertiary alicyclic amines) is 1. The van der Waals surface area contributed by atoms with Gasteiger partial charge in [0, 0.05) is 30.7 Å². The van der Waals surface area contributed by atoms with Gasteiger partial charge in [0.15, 0.2) is 0 Å². The van der Waals surface area contributed by atoms with Gasteiger partial charge in [-0.25, -0.2) is 9.18 Å². The van der Waals surface area contributed by atoms with Crippen LogP contribution in [-0.2, 0) is 6.54 Å². The van der Waals surface area contributed by atoms with Crippen LogP contribution in [0.3, 0.4) is 0 Å². The number of carboxylic acid groups (broad SMARTS) is 1. The van der Waals surface area contributed by atoms with Crippen molar-refractivity contribution in [2.24, 2.45) is 0 Å². The molecule has 0 radical (unpaired) electrons. The predicted molar refractivity (Wildman–Crippen MR) is 144 cm³/mol. The molecule has 1 aliphatic heterocycles. The minimum atomic E-state index is -4.49. The van der Waals surface area contributed by atoms with Crippen LogP contribution < -0.4 is 15.4 Å². The number of carboxylic acids is 1. The van der Waals surface area contributed by atoms with Gasteiger partial charge in [0.2, 0.25) is 0 Å². The first-order chi connectivity index (χ1) is 19.1. The number of rotatable bonds is 9. The second-order valence-electron chi connectivity index (χ2n) is 9.42. The molecule has 2 atom stereocenters. The number of aromatic nitrogens is 1. The van der Waals surface area contributed by atoms with E-state index in [2.05, 4.69) is 22.5 Å². The van der Waals surface area contributed by atoms with Crippen molar-refractivity contribution in [3.05, 3.63) is 53.7 Å².